The van der Waals surface area contributed by atoms with Gasteiger partial charge < -0.3 is 32.2 Å². The minimum Gasteiger partial charge on any atom is -0.370 e. The summed E-state index contributed by atoms with van der Waals surface area (Å²) < 4.78 is 0. The number of benzene rings is 1. The maximum absolute atomic E-state index is 12.1. The van der Waals surface area contributed by atoms with Crippen molar-refractivity contribution in [2.24, 2.45) is 16.5 Å². The van der Waals surface area contributed by atoms with Gasteiger partial charge in [0.25, 0.3) is 0 Å². The largest absolute Gasteiger partial charge is 0.370 e. The Bertz CT molecular complexity index is 661. The second-order valence-electron chi connectivity index (χ2n) is 6.76. The van der Waals surface area contributed by atoms with Crippen molar-refractivity contribution in [3.05, 3.63) is 35.9 Å². The molecule has 1 aromatic carbocycles. The molecule has 160 valence electrons. The zero-order valence-corrected chi connectivity index (χ0v) is 16.9. The van der Waals surface area contributed by atoms with E-state index in [4.69, 9.17) is 11.5 Å². The van der Waals surface area contributed by atoms with E-state index in [1.165, 1.54) is 5.56 Å². The highest BCUT2D eigenvalue weighted by Crippen LogP contribution is 2.01. The summed E-state index contributed by atoms with van der Waals surface area (Å²) in [6, 6.07) is 8.74. The van der Waals surface area contributed by atoms with Crippen LogP contribution in [0.25, 0.3) is 0 Å². The summed E-state index contributed by atoms with van der Waals surface area (Å²) in [7, 11) is 0. The highest BCUT2D eigenvalue weighted by atomic mass is 16.2. The number of aryl methyl sites for hydroxylation is 1. The lowest BCUT2D eigenvalue weighted by molar-refractivity contribution is -0.129. The van der Waals surface area contributed by atoms with E-state index < -0.39 is 18.0 Å². The van der Waals surface area contributed by atoms with Crippen LogP contribution < -0.4 is 27.4 Å². The van der Waals surface area contributed by atoms with E-state index in [1.807, 2.05) is 18.2 Å². The lowest BCUT2D eigenvalue weighted by Crippen LogP contribution is -2.50. The van der Waals surface area contributed by atoms with Crippen LogP contribution in [0.15, 0.2) is 35.3 Å². The second-order valence-corrected chi connectivity index (χ2v) is 6.76. The summed E-state index contributed by atoms with van der Waals surface area (Å²) in [6.45, 7) is 2.78. The number of amides is 2. The molecular weight excluding hydrogens is 372 g/mol. The van der Waals surface area contributed by atoms with Crippen molar-refractivity contribution < 1.29 is 14.4 Å². The van der Waals surface area contributed by atoms with Gasteiger partial charge in [0.1, 0.15) is 12.3 Å². The minimum atomic E-state index is -0.742. The molecule has 2 atom stereocenters. The molecular formula is C20H32N6O3. The molecule has 0 aromatic heterocycles. The van der Waals surface area contributed by atoms with Gasteiger partial charge in [-0.15, -0.1) is 0 Å². The van der Waals surface area contributed by atoms with Crippen molar-refractivity contribution in [2.75, 3.05) is 19.6 Å². The number of rotatable bonds is 14. The first-order valence-corrected chi connectivity index (χ1v) is 9.77. The molecule has 0 aliphatic rings. The van der Waals surface area contributed by atoms with Crippen molar-refractivity contribution in [1.82, 2.24) is 16.0 Å². The second kappa shape index (κ2) is 14.1. The smallest absolute Gasteiger partial charge is 0.242 e. The molecule has 0 radical (unpaired) electrons. The first kappa shape index (κ1) is 24.1. The summed E-state index contributed by atoms with van der Waals surface area (Å²) in [4.78, 5) is 39.1. The van der Waals surface area contributed by atoms with E-state index in [0.717, 1.165) is 12.8 Å². The molecule has 2 amide bonds. The highest BCUT2D eigenvalue weighted by Gasteiger charge is 2.18. The van der Waals surface area contributed by atoms with Crippen LogP contribution in [0, 0.1) is 0 Å². The Morgan fingerprint density at radius 3 is 2.52 bits per heavy atom. The van der Waals surface area contributed by atoms with Crippen molar-refractivity contribution in [1.29, 1.82) is 0 Å². The topological polar surface area (TPSA) is 152 Å². The predicted molar refractivity (Wildman–Crippen MR) is 113 cm³/mol. The number of aldehydes is 1. The first-order chi connectivity index (χ1) is 13.9. The number of aliphatic imine (C=N–C) groups is 1. The van der Waals surface area contributed by atoms with E-state index in [2.05, 4.69) is 33.1 Å². The number of carbonyl (C=O) groups excluding carboxylic acids is 3. The van der Waals surface area contributed by atoms with Gasteiger partial charge in [-0.3, -0.25) is 14.6 Å². The number of nitrogens with one attached hydrogen (secondary N) is 3. The van der Waals surface area contributed by atoms with Gasteiger partial charge in [0.05, 0.1) is 12.6 Å². The fourth-order valence-corrected chi connectivity index (χ4v) is 2.62. The normalized spacial score (nSPS) is 12.4. The van der Waals surface area contributed by atoms with Crippen molar-refractivity contribution in [3.63, 3.8) is 0 Å². The van der Waals surface area contributed by atoms with Gasteiger partial charge in [-0.25, -0.2) is 0 Å². The molecule has 0 spiro atoms. The van der Waals surface area contributed by atoms with Crippen LogP contribution in [0.3, 0.4) is 0 Å². The summed E-state index contributed by atoms with van der Waals surface area (Å²) in [5, 5.41) is 8.28. The zero-order chi connectivity index (χ0) is 21.5. The number of guanidine groups is 1. The Balaban J connectivity index is 2.20. The number of nitrogens with two attached hydrogens (primary N) is 2. The molecule has 1 rings (SSSR count). The van der Waals surface area contributed by atoms with E-state index in [9.17, 15) is 14.4 Å². The van der Waals surface area contributed by atoms with E-state index in [0.29, 0.717) is 32.2 Å². The summed E-state index contributed by atoms with van der Waals surface area (Å²) in [5.41, 5.74) is 11.7. The van der Waals surface area contributed by atoms with Crippen molar-refractivity contribution >= 4 is 24.1 Å². The maximum atomic E-state index is 12.1. The summed E-state index contributed by atoms with van der Waals surface area (Å²) in [5.74, 6) is -0.703. The Morgan fingerprint density at radius 1 is 1.14 bits per heavy atom. The van der Waals surface area contributed by atoms with Gasteiger partial charge in [-0.05, 0) is 44.7 Å². The number of carbonyl (C=O) groups is 3. The van der Waals surface area contributed by atoms with Crippen LogP contribution in [-0.2, 0) is 20.8 Å². The third kappa shape index (κ3) is 11.5. The van der Waals surface area contributed by atoms with Crippen LogP contribution in [0.4, 0.5) is 0 Å². The average Bonchev–Trinajstić information content (AvgIpc) is 2.70. The van der Waals surface area contributed by atoms with Crippen molar-refractivity contribution in [2.45, 2.75) is 44.7 Å². The third-order valence-electron chi connectivity index (χ3n) is 4.18. The van der Waals surface area contributed by atoms with E-state index in [-0.39, 0.29) is 18.4 Å². The van der Waals surface area contributed by atoms with Gasteiger partial charge in [0, 0.05) is 6.54 Å². The molecule has 0 aliphatic carbocycles. The highest BCUT2D eigenvalue weighted by molar-refractivity contribution is 5.89. The number of hydrogen-bond donors (Lipinski definition) is 5. The molecule has 0 saturated heterocycles. The number of nitrogens with zero attached hydrogens (tertiary/aromatic N) is 1. The summed E-state index contributed by atoms with van der Waals surface area (Å²) in [6.07, 6.45) is 3.47. The van der Waals surface area contributed by atoms with Crippen LogP contribution >= 0.6 is 0 Å². The van der Waals surface area contributed by atoms with Gasteiger partial charge >= 0.3 is 0 Å². The standard InChI is InChI=1S/C20H32N6O3/c1-15(19(29)26-17(14-27)10-6-12-24-20(21)22)25-18(28)13-23-11-5-9-16-7-3-2-4-8-16/h2-4,7-8,14-15,17,23H,5-6,9-13H2,1H3,(H,25,28)(H,26,29)(H4,21,22,24)/t15-,17?/m0/s1. The molecule has 7 N–H and O–H groups in total. The molecule has 0 fully saturated rings. The molecule has 0 heterocycles. The Hall–Kier alpha value is -2.94. The molecule has 0 aliphatic heterocycles. The van der Waals surface area contributed by atoms with Gasteiger partial charge in [0.15, 0.2) is 5.96 Å². The Kier molecular flexibility index (Phi) is 11.7. The monoisotopic (exact) mass is 404 g/mol. The van der Waals surface area contributed by atoms with E-state index >= 15 is 0 Å². The predicted octanol–water partition coefficient (Wildman–Crippen LogP) is -0.549. The quantitative estimate of drug-likeness (QED) is 0.121. The zero-order valence-electron chi connectivity index (χ0n) is 16.9. The lowest BCUT2D eigenvalue weighted by Gasteiger charge is -2.17. The van der Waals surface area contributed by atoms with Gasteiger partial charge in [-0.1, -0.05) is 30.3 Å². The molecule has 9 nitrogen and oxygen atoms in total. The van der Waals surface area contributed by atoms with Gasteiger partial charge in [-0.2, -0.15) is 0 Å². The fourth-order valence-electron chi connectivity index (χ4n) is 2.62. The molecule has 0 bridgehead atoms. The molecule has 1 aromatic rings. The van der Waals surface area contributed by atoms with Crippen LogP contribution in [0.1, 0.15) is 31.7 Å². The maximum Gasteiger partial charge on any atom is 0.242 e. The Labute approximate surface area is 171 Å². The average molecular weight is 405 g/mol. The summed E-state index contributed by atoms with van der Waals surface area (Å²) >= 11 is 0. The fraction of sp³-hybridized carbons (Fsp3) is 0.500. The SMILES string of the molecule is C[C@H](NC(=O)CNCCCc1ccccc1)C(=O)NC(C=O)CCCN=C(N)N. The third-order valence-corrected chi connectivity index (χ3v) is 4.18. The molecule has 9 heteroatoms. The van der Waals surface area contributed by atoms with E-state index in [1.54, 1.807) is 6.92 Å². The molecule has 1 unspecified atom stereocenters. The molecule has 29 heavy (non-hydrogen) atoms. The minimum absolute atomic E-state index is 0.0123. The van der Waals surface area contributed by atoms with Crippen molar-refractivity contribution in [3.8, 4) is 0 Å². The van der Waals surface area contributed by atoms with Gasteiger partial charge in [0.2, 0.25) is 11.8 Å². The van der Waals surface area contributed by atoms with Crippen LogP contribution in [-0.4, -0.2) is 55.8 Å². The first-order valence-electron chi connectivity index (χ1n) is 9.77. The van der Waals surface area contributed by atoms with Crippen LogP contribution in [0.2, 0.25) is 0 Å². The van der Waals surface area contributed by atoms with Crippen LogP contribution in [0.5, 0.6) is 0 Å². The Morgan fingerprint density at radius 2 is 1.86 bits per heavy atom. The molecule has 0 saturated carbocycles. The lowest BCUT2D eigenvalue weighted by atomic mass is 10.1. The number of hydrogen-bond acceptors (Lipinski definition) is 5.